The van der Waals surface area contributed by atoms with E-state index in [2.05, 4.69) is 0 Å². The molecule has 0 radical (unpaired) electrons. The van der Waals surface area contributed by atoms with E-state index in [0.717, 1.165) is 0 Å². The van der Waals surface area contributed by atoms with Gasteiger partial charge in [-0.1, -0.05) is 30.1 Å². The summed E-state index contributed by atoms with van der Waals surface area (Å²) in [6, 6.07) is 0. The van der Waals surface area contributed by atoms with Gasteiger partial charge in [-0.05, 0) is 0 Å². The summed E-state index contributed by atoms with van der Waals surface area (Å²) in [6.07, 6.45) is 0.411. The Morgan fingerprint density at radius 3 is 2.45 bits per heavy atom. The highest BCUT2D eigenvalue weighted by atomic mass is 35.5. The number of alkyl halides is 2. The molecule has 0 amide bonds. The van der Waals surface area contributed by atoms with Crippen molar-refractivity contribution in [2.24, 2.45) is 5.41 Å². The first kappa shape index (κ1) is 9.30. The second-order valence-electron chi connectivity index (χ2n) is 3.17. The fourth-order valence-electron chi connectivity index (χ4n) is 1.27. The zero-order valence-electron chi connectivity index (χ0n) is 6.49. The molecule has 1 fully saturated rings. The number of Topliss-reactive ketones (excluding diaryl/α,β-unsaturated/α-hetero) is 1. The maximum Gasteiger partial charge on any atom is 0.183 e. The van der Waals surface area contributed by atoms with Gasteiger partial charge in [0.25, 0.3) is 0 Å². The number of rotatable bonds is 2. The van der Waals surface area contributed by atoms with Crippen LogP contribution in [0, 0.1) is 5.41 Å². The molecule has 0 aromatic rings. The lowest BCUT2D eigenvalue weighted by molar-refractivity contribution is -0.136. The number of halogens is 2. The van der Waals surface area contributed by atoms with Crippen LogP contribution in [0.5, 0.6) is 0 Å². The molecule has 4 heteroatoms. The van der Waals surface area contributed by atoms with Gasteiger partial charge in [-0.25, -0.2) is 0 Å². The monoisotopic (exact) mass is 196 g/mol. The van der Waals surface area contributed by atoms with E-state index in [9.17, 15) is 4.79 Å². The molecule has 0 spiro atoms. The number of ether oxygens (including phenoxy) is 1. The Bertz CT molecular complexity index is 191. The molecule has 1 saturated carbocycles. The van der Waals surface area contributed by atoms with Crippen molar-refractivity contribution < 1.29 is 9.53 Å². The average Bonchev–Trinajstić information content (AvgIpc) is 1.88. The van der Waals surface area contributed by atoms with Gasteiger partial charge in [0.2, 0.25) is 0 Å². The number of carbonyl (C=O) groups is 1. The number of hydrogen-bond acceptors (Lipinski definition) is 2. The van der Waals surface area contributed by atoms with Crippen molar-refractivity contribution in [1.29, 1.82) is 0 Å². The van der Waals surface area contributed by atoms with Crippen molar-refractivity contribution in [3.05, 3.63) is 0 Å². The first-order valence-electron chi connectivity index (χ1n) is 3.34. The van der Waals surface area contributed by atoms with Gasteiger partial charge in [-0.2, -0.15) is 0 Å². The molecule has 1 unspecified atom stereocenters. The predicted octanol–water partition coefficient (Wildman–Crippen LogP) is 1.79. The van der Waals surface area contributed by atoms with Crippen LogP contribution in [0.4, 0.5) is 0 Å². The van der Waals surface area contributed by atoms with Crippen LogP contribution in [-0.4, -0.2) is 23.8 Å². The second kappa shape index (κ2) is 2.61. The molecule has 11 heavy (non-hydrogen) atoms. The van der Waals surface area contributed by atoms with Crippen molar-refractivity contribution in [2.75, 3.05) is 13.7 Å². The summed E-state index contributed by atoms with van der Waals surface area (Å²) < 4.78 is 3.68. The third kappa shape index (κ3) is 1.17. The van der Waals surface area contributed by atoms with Gasteiger partial charge < -0.3 is 4.74 Å². The van der Waals surface area contributed by atoms with E-state index in [1.807, 2.05) is 6.92 Å². The second-order valence-corrected chi connectivity index (χ2v) is 4.50. The topological polar surface area (TPSA) is 26.3 Å². The number of methoxy groups -OCH3 is 1. The van der Waals surface area contributed by atoms with E-state index in [-0.39, 0.29) is 5.78 Å². The summed E-state index contributed by atoms with van der Waals surface area (Å²) in [5.74, 6) is -0.111. The lowest BCUT2D eigenvalue weighted by Crippen LogP contribution is -2.58. The smallest absolute Gasteiger partial charge is 0.183 e. The van der Waals surface area contributed by atoms with Crippen molar-refractivity contribution >= 4 is 29.0 Å². The van der Waals surface area contributed by atoms with Crippen molar-refractivity contribution in [3.8, 4) is 0 Å². The minimum absolute atomic E-state index is 0.111. The molecule has 0 saturated heterocycles. The average molecular weight is 197 g/mol. The fraction of sp³-hybridized carbons (Fsp3) is 0.857. The van der Waals surface area contributed by atoms with Gasteiger partial charge in [-0.15, -0.1) is 0 Å². The molecule has 64 valence electrons. The van der Waals surface area contributed by atoms with Gasteiger partial charge in [-0.3, -0.25) is 4.79 Å². The Kier molecular flexibility index (Phi) is 2.21. The van der Waals surface area contributed by atoms with Crippen LogP contribution in [0.3, 0.4) is 0 Å². The zero-order valence-corrected chi connectivity index (χ0v) is 8.00. The molecule has 2 nitrogen and oxygen atoms in total. The number of hydrogen-bond donors (Lipinski definition) is 0. The van der Waals surface area contributed by atoms with E-state index in [1.165, 1.54) is 0 Å². The summed E-state index contributed by atoms with van der Waals surface area (Å²) >= 11 is 11.6. The van der Waals surface area contributed by atoms with Gasteiger partial charge in [0.1, 0.15) is 0 Å². The predicted molar refractivity (Wildman–Crippen MR) is 44.0 cm³/mol. The molecule has 0 bridgehead atoms. The standard InChI is InChI=1S/C7H10Cl2O2/c1-6(4-11-2)3-5(10)7(6,8)9/h3-4H2,1-2H3. The molecule has 1 aliphatic rings. The van der Waals surface area contributed by atoms with Gasteiger partial charge in [0, 0.05) is 18.9 Å². The molecule has 0 aromatic heterocycles. The highest BCUT2D eigenvalue weighted by molar-refractivity contribution is 6.61. The highest BCUT2D eigenvalue weighted by Crippen LogP contribution is 2.54. The Morgan fingerprint density at radius 2 is 2.18 bits per heavy atom. The molecule has 0 N–H and O–H groups in total. The minimum atomic E-state index is -1.23. The number of carbonyl (C=O) groups excluding carboxylic acids is 1. The van der Waals surface area contributed by atoms with Crippen LogP contribution < -0.4 is 0 Å². The molecule has 0 aliphatic heterocycles. The minimum Gasteiger partial charge on any atom is -0.384 e. The first-order valence-corrected chi connectivity index (χ1v) is 4.10. The Morgan fingerprint density at radius 1 is 1.64 bits per heavy atom. The Labute approximate surface area is 75.8 Å². The first-order chi connectivity index (χ1) is 4.94. The normalized spacial score (nSPS) is 35.1. The molecular weight excluding hydrogens is 187 g/mol. The lowest BCUT2D eigenvalue weighted by Gasteiger charge is -2.47. The Hall–Kier alpha value is 0.210. The number of ketones is 1. The summed E-state index contributed by atoms with van der Waals surface area (Å²) in [4.78, 5) is 10.9. The van der Waals surface area contributed by atoms with Crippen LogP contribution >= 0.6 is 23.2 Å². The van der Waals surface area contributed by atoms with Crippen molar-refractivity contribution in [1.82, 2.24) is 0 Å². The van der Waals surface area contributed by atoms with E-state index in [4.69, 9.17) is 27.9 Å². The van der Waals surface area contributed by atoms with Crippen molar-refractivity contribution in [2.45, 2.75) is 17.7 Å². The van der Waals surface area contributed by atoms with Crippen molar-refractivity contribution in [3.63, 3.8) is 0 Å². The van der Waals surface area contributed by atoms with E-state index < -0.39 is 9.75 Å². The molecule has 1 rings (SSSR count). The van der Waals surface area contributed by atoms with E-state index in [1.54, 1.807) is 7.11 Å². The van der Waals surface area contributed by atoms with E-state index in [0.29, 0.717) is 13.0 Å². The third-order valence-corrected chi connectivity index (χ3v) is 3.46. The maximum atomic E-state index is 10.9. The largest absolute Gasteiger partial charge is 0.384 e. The van der Waals surface area contributed by atoms with Crippen LogP contribution in [0.2, 0.25) is 0 Å². The summed E-state index contributed by atoms with van der Waals surface area (Å²) in [7, 11) is 1.57. The van der Waals surface area contributed by atoms with E-state index >= 15 is 0 Å². The lowest BCUT2D eigenvalue weighted by atomic mass is 9.69. The fourth-order valence-corrected chi connectivity index (χ4v) is 1.64. The van der Waals surface area contributed by atoms with Gasteiger partial charge in [0.15, 0.2) is 10.1 Å². The van der Waals surface area contributed by atoms with Gasteiger partial charge in [0.05, 0.1) is 6.61 Å². The van der Waals surface area contributed by atoms with Crippen LogP contribution in [0.15, 0.2) is 0 Å². The molecule has 0 aromatic carbocycles. The SMILES string of the molecule is COCC1(C)CC(=O)C1(Cl)Cl. The maximum absolute atomic E-state index is 10.9. The quantitative estimate of drug-likeness (QED) is 0.630. The highest BCUT2D eigenvalue weighted by Gasteiger charge is 2.61. The molecule has 1 aliphatic carbocycles. The Balaban J connectivity index is 2.70. The van der Waals surface area contributed by atoms with Crippen LogP contribution in [0.25, 0.3) is 0 Å². The summed E-state index contributed by atoms with van der Waals surface area (Å²) in [6.45, 7) is 2.27. The van der Waals surface area contributed by atoms with Crippen LogP contribution in [0.1, 0.15) is 13.3 Å². The molecule has 1 atom stereocenters. The van der Waals surface area contributed by atoms with Crippen LogP contribution in [-0.2, 0) is 9.53 Å². The summed E-state index contributed by atoms with van der Waals surface area (Å²) in [5.41, 5.74) is -0.401. The van der Waals surface area contributed by atoms with Gasteiger partial charge >= 0.3 is 0 Å². The zero-order chi connectivity index (χ0) is 8.70. The third-order valence-electron chi connectivity index (χ3n) is 2.12. The molecule has 0 heterocycles. The summed E-state index contributed by atoms with van der Waals surface area (Å²) in [5, 5.41) is 0. The molecular formula is C7H10Cl2O2.